The van der Waals surface area contributed by atoms with Gasteiger partial charge in [-0.3, -0.25) is 0 Å². The molecular weight excluding hydrogens is 256 g/mol. The van der Waals surface area contributed by atoms with Crippen molar-refractivity contribution in [2.75, 3.05) is 12.3 Å². The summed E-state index contributed by atoms with van der Waals surface area (Å²) < 4.78 is 26.0. The molecule has 1 aliphatic rings. The number of hydrogen-bond acceptors (Lipinski definition) is 3. The molecule has 0 unspecified atom stereocenters. The molecule has 6 heteroatoms. The van der Waals surface area contributed by atoms with Gasteiger partial charge in [-0.15, -0.1) is 0 Å². The van der Waals surface area contributed by atoms with Crippen LogP contribution in [-0.4, -0.2) is 36.1 Å². The highest BCUT2D eigenvalue weighted by atomic mass is 32.2. The van der Waals surface area contributed by atoms with E-state index in [-0.39, 0.29) is 23.3 Å². The van der Waals surface area contributed by atoms with E-state index in [4.69, 9.17) is 18.0 Å². The molecular formula is C11H22N2O2S2. The van der Waals surface area contributed by atoms with Crippen LogP contribution in [-0.2, 0) is 10.0 Å². The fourth-order valence-corrected chi connectivity index (χ4v) is 4.35. The largest absolute Gasteiger partial charge is 0.392 e. The molecule has 0 saturated heterocycles. The first-order chi connectivity index (χ1) is 7.97. The summed E-state index contributed by atoms with van der Waals surface area (Å²) >= 11 is 4.86. The van der Waals surface area contributed by atoms with Crippen molar-refractivity contribution < 1.29 is 8.42 Å². The second-order valence-electron chi connectivity index (χ2n) is 4.62. The minimum Gasteiger partial charge on any atom is -0.392 e. The first-order valence-corrected chi connectivity index (χ1v) is 8.27. The van der Waals surface area contributed by atoms with Crippen molar-refractivity contribution in [3.8, 4) is 0 Å². The SMILES string of the molecule is CCCCS(=O)(=O)N(CC(N)=S)C1CCCC1. The van der Waals surface area contributed by atoms with Crippen LogP contribution >= 0.6 is 12.2 Å². The van der Waals surface area contributed by atoms with Gasteiger partial charge >= 0.3 is 0 Å². The Morgan fingerprint density at radius 1 is 1.41 bits per heavy atom. The molecule has 2 N–H and O–H groups in total. The molecule has 4 nitrogen and oxygen atoms in total. The van der Waals surface area contributed by atoms with Crippen molar-refractivity contribution in [2.45, 2.75) is 51.5 Å². The van der Waals surface area contributed by atoms with Crippen molar-refractivity contribution in [1.29, 1.82) is 0 Å². The fourth-order valence-electron chi connectivity index (χ4n) is 2.24. The van der Waals surface area contributed by atoms with Gasteiger partial charge in [0.25, 0.3) is 0 Å². The number of unbranched alkanes of at least 4 members (excludes halogenated alkanes) is 1. The van der Waals surface area contributed by atoms with Crippen LogP contribution in [0.3, 0.4) is 0 Å². The topological polar surface area (TPSA) is 63.4 Å². The number of nitrogens with zero attached hydrogens (tertiary/aromatic N) is 1. The van der Waals surface area contributed by atoms with E-state index in [2.05, 4.69) is 0 Å². The van der Waals surface area contributed by atoms with Crippen LogP contribution in [0.15, 0.2) is 0 Å². The molecule has 0 spiro atoms. The van der Waals surface area contributed by atoms with Gasteiger partial charge in [0.15, 0.2) is 0 Å². The van der Waals surface area contributed by atoms with E-state index >= 15 is 0 Å². The minimum atomic E-state index is -3.20. The lowest BCUT2D eigenvalue weighted by atomic mass is 10.2. The van der Waals surface area contributed by atoms with E-state index in [1.54, 1.807) is 0 Å². The third-order valence-electron chi connectivity index (χ3n) is 3.16. The van der Waals surface area contributed by atoms with E-state index in [1.165, 1.54) is 4.31 Å². The lowest BCUT2D eigenvalue weighted by molar-refractivity contribution is 0.354. The summed E-state index contributed by atoms with van der Waals surface area (Å²) in [6, 6.07) is 0.110. The summed E-state index contributed by atoms with van der Waals surface area (Å²) in [5.41, 5.74) is 5.51. The average Bonchev–Trinajstić information content (AvgIpc) is 2.76. The Hall–Kier alpha value is -0.200. The standard InChI is InChI=1S/C11H22N2O2S2/c1-2-3-8-17(14,15)13(9-11(12)16)10-6-4-5-7-10/h10H,2-9H2,1H3,(H2,12,16). The number of hydrogen-bond donors (Lipinski definition) is 1. The molecule has 0 aromatic rings. The third kappa shape index (κ3) is 4.52. The average molecular weight is 278 g/mol. The quantitative estimate of drug-likeness (QED) is 0.719. The van der Waals surface area contributed by atoms with Gasteiger partial charge in [0.2, 0.25) is 10.0 Å². The Labute approximate surface area is 110 Å². The summed E-state index contributed by atoms with van der Waals surface area (Å²) in [5.74, 6) is 0.211. The molecule has 0 amide bonds. The summed E-state index contributed by atoms with van der Waals surface area (Å²) in [4.78, 5) is 0.261. The first-order valence-electron chi connectivity index (χ1n) is 6.25. The van der Waals surface area contributed by atoms with E-state index in [0.29, 0.717) is 6.42 Å². The molecule has 0 bridgehead atoms. The molecule has 1 fully saturated rings. The Balaban J connectivity index is 2.76. The Bertz CT molecular complexity index is 348. The van der Waals surface area contributed by atoms with Crippen LogP contribution in [0.25, 0.3) is 0 Å². The summed E-state index contributed by atoms with van der Waals surface area (Å²) in [5, 5.41) is 0. The summed E-state index contributed by atoms with van der Waals surface area (Å²) in [6.07, 6.45) is 5.65. The van der Waals surface area contributed by atoms with Gasteiger partial charge in [-0.2, -0.15) is 4.31 Å². The molecule has 0 atom stereocenters. The van der Waals surface area contributed by atoms with E-state index in [9.17, 15) is 8.42 Å². The zero-order valence-corrected chi connectivity index (χ0v) is 12.0. The molecule has 0 radical (unpaired) electrons. The van der Waals surface area contributed by atoms with Crippen molar-refractivity contribution in [3.63, 3.8) is 0 Å². The van der Waals surface area contributed by atoms with Gasteiger partial charge in [0, 0.05) is 6.04 Å². The van der Waals surface area contributed by atoms with Crippen molar-refractivity contribution in [3.05, 3.63) is 0 Å². The highest BCUT2D eigenvalue weighted by Crippen LogP contribution is 2.26. The van der Waals surface area contributed by atoms with Crippen molar-refractivity contribution >= 4 is 27.2 Å². The first kappa shape index (κ1) is 14.9. The minimum absolute atomic E-state index is 0.110. The van der Waals surface area contributed by atoms with Gasteiger partial charge in [-0.05, 0) is 19.3 Å². The molecule has 0 aromatic carbocycles. The lowest BCUT2D eigenvalue weighted by Gasteiger charge is -2.27. The monoisotopic (exact) mass is 278 g/mol. The number of sulfonamides is 1. The number of nitrogens with two attached hydrogens (primary N) is 1. The van der Waals surface area contributed by atoms with Crippen molar-refractivity contribution in [1.82, 2.24) is 4.31 Å². The third-order valence-corrected chi connectivity index (χ3v) is 5.23. The normalized spacial score (nSPS) is 17.8. The number of thiocarbonyl (C=S) groups is 1. The van der Waals surface area contributed by atoms with E-state index < -0.39 is 10.0 Å². The maximum Gasteiger partial charge on any atom is 0.214 e. The zero-order chi connectivity index (χ0) is 12.9. The van der Waals surface area contributed by atoms with Gasteiger partial charge in [-0.1, -0.05) is 38.4 Å². The molecule has 0 aliphatic heterocycles. The molecule has 1 saturated carbocycles. The van der Waals surface area contributed by atoms with Crippen LogP contribution in [0.4, 0.5) is 0 Å². The Morgan fingerprint density at radius 2 is 2.00 bits per heavy atom. The van der Waals surface area contributed by atoms with Crippen LogP contribution in [0.2, 0.25) is 0 Å². The Kier molecular flexibility index (Phi) is 5.82. The van der Waals surface area contributed by atoms with E-state index in [1.807, 2.05) is 6.92 Å². The van der Waals surface area contributed by atoms with E-state index in [0.717, 1.165) is 32.1 Å². The van der Waals surface area contributed by atoms with Gasteiger partial charge in [0.1, 0.15) is 0 Å². The highest BCUT2D eigenvalue weighted by Gasteiger charge is 2.31. The van der Waals surface area contributed by atoms with Gasteiger partial charge < -0.3 is 5.73 Å². The molecule has 1 aliphatic carbocycles. The number of rotatable bonds is 7. The molecule has 0 aromatic heterocycles. The molecule has 0 heterocycles. The molecule has 100 valence electrons. The predicted molar refractivity (Wildman–Crippen MR) is 74.4 cm³/mol. The summed E-state index contributed by atoms with van der Waals surface area (Å²) in [7, 11) is -3.20. The van der Waals surface area contributed by atoms with Crippen LogP contribution in [0, 0.1) is 0 Å². The molecule has 17 heavy (non-hydrogen) atoms. The Morgan fingerprint density at radius 3 is 2.47 bits per heavy atom. The van der Waals surface area contributed by atoms with Crippen LogP contribution in [0.5, 0.6) is 0 Å². The van der Waals surface area contributed by atoms with Gasteiger partial charge in [0.05, 0.1) is 17.3 Å². The fraction of sp³-hybridized carbons (Fsp3) is 0.909. The molecule has 1 rings (SSSR count). The maximum absolute atomic E-state index is 12.2. The van der Waals surface area contributed by atoms with Gasteiger partial charge in [-0.25, -0.2) is 8.42 Å². The highest BCUT2D eigenvalue weighted by molar-refractivity contribution is 7.89. The lowest BCUT2D eigenvalue weighted by Crippen LogP contribution is -2.44. The second-order valence-corrected chi connectivity index (χ2v) is 7.18. The second kappa shape index (κ2) is 6.66. The van der Waals surface area contributed by atoms with Crippen molar-refractivity contribution in [2.24, 2.45) is 5.73 Å². The maximum atomic E-state index is 12.2. The smallest absolute Gasteiger partial charge is 0.214 e. The van der Waals surface area contributed by atoms with Crippen LogP contribution < -0.4 is 5.73 Å². The summed E-state index contributed by atoms with van der Waals surface area (Å²) in [6.45, 7) is 2.19. The predicted octanol–water partition coefficient (Wildman–Crippen LogP) is 1.65. The van der Waals surface area contributed by atoms with Crippen LogP contribution in [0.1, 0.15) is 45.4 Å². The zero-order valence-electron chi connectivity index (χ0n) is 10.4.